The first kappa shape index (κ1) is 23.5. The zero-order valence-corrected chi connectivity index (χ0v) is 19.8. The molecule has 0 unspecified atom stereocenters. The van der Waals surface area contributed by atoms with Gasteiger partial charge in [0, 0.05) is 62.1 Å². The van der Waals surface area contributed by atoms with Crippen LogP contribution >= 0.6 is 11.6 Å². The van der Waals surface area contributed by atoms with E-state index in [0.717, 1.165) is 5.69 Å². The number of rotatable bonds is 7. The van der Waals surface area contributed by atoms with Crippen molar-refractivity contribution >= 4 is 44.8 Å². The monoisotopic (exact) mass is 490 g/mol. The second-order valence-corrected chi connectivity index (χ2v) is 10.7. The molecular formula is C23H27ClN4O4S. The SMILES string of the molecule is O=C(NCCS(=O)(=O)N1CCN(c2ccccc2)CC1)[C@@H]1CC(=O)N(c2ccc(Cl)cc2)C1. The molecule has 0 aliphatic carbocycles. The Labute approximate surface area is 199 Å². The molecule has 0 radical (unpaired) electrons. The van der Waals surface area contributed by atoms with Gasteiger partial charge in [0.15, 0.2) is 0 Å². The van der Waals surface area contributed by atoms with E-state index >= 15 is 0 Å². The van der Waals surface area contributed by atoms with E-state index < -0.39 is 15.9 Å². The standard InChI is InChI=1S/C23H27ClN4O4S/c24-19-6-8-21(9-7-19)28-17-18(16-22(28)29)23(30)25-10-15-33(31,32)27-13-11-26(12-14-27)20-4-2-1-3-5-20/h1-9,18H,10-17H2,(H,25,30)/t18-/m1/s1. The summed E-state index contributed by atoms with van der Waals surface area (Å²) in [5, 5.41) is 3.27. The topological polar surface area (TPSA) is 90.0 Å². The number of nitrogens with one attached hydrogen (secondary N) is 1. The van der Waals surface area contributed by atoms with Crippen molar-refractivity contribution in [3.05, 3.63) is 59.6 Å². The largest absolute Gasteiger partial charge is 0.369 e. The van der Waals surface area contributed by atoms with Crippen LogP contribution in [0.2, 0.25) is 5.02 Å². The molecule has 0 saturated carbocycles. The first-order chi connectivity index (χ1) is 15.8. The number of hydrogen-bond acceptors (Lipinski definition) is 5. The van der Waals surface area contributed by atoms with Crippen LogP contribution in [0.5, 0.6) is 0 Å². The predicted molar refractivity (Wildman–Crippen MR) is 129 cm³/mol. The summed E-state index contributed by atoms with van der Waals surface area (Å²) in [4.78, 5) is 28.6. The number of amides is 2. The highest BCUT2D eigenvalue weighted by molar-refractivity contribution is 7.89. The highest BCUT2D eigenvalue weighted by Gasteiger charge is 2.35. The summed E-state index contributed by atoms with van der Waals surface area (Å²) >= 11 is 5.90. The maximum Gasteiger partial charge on any atom is 0.227 e. The molecule has 0 aromatic heterocycles. The Morgan fingerprint density at radius 1 is 0.970 bits per heavy atom. The van der Waals surface area contributed by atoms with Gasteiger partial charge in [0.25, 0.3) is 0 Å². The van der Waals surface area contributed by atoms with E-state index in [-0.39, 0.29) is 37.1 Å². The van der Waals surface area contributed by atoms with Gasteiger partial charge in [0.2, 0.25) is 21.8 Å². The van der Waals surface area contributed by atoms with Crippen molar-refractivity contribution in [2.75, 3.05) is 54.8 Å². The summed E-state index contributed by atoms with van der Waals surface area (Å²) in [5.41, 5.74) is 1.78. The summed E-state index contributed by atoms with van der Waals surface area (Å²) in [6, 6.07) is 16.8. The van der Waals surface area contributed by atoms with Crippen molar-refractivity contribution in [2.24, 2.45) is 5.92 Å². The molecule has 2 amide bonds. The third kappa shape index (κ3) is 5.66. The van der Waals surface area contributed by atoms with E-state index in [9.17, 15) is 18.0 Å². The van der Waals surface area contributed by atoms with Crippen LogP contribution in [0, 0.1) is 5.92 Å². The molecule has 0 spiro atoms. The van der Waals surface area contributed by atoms with Gasteiger partial charge in [-0.25, -0.2) is 8.42 Å². The van der Waals surface area contributed by atoms with Crippen LogP contribution in [0.15, 0.2) is 54.6 Å². The molecule has 2 aliphatic heterocycles. The van der Waals surface area contributed by atoms with Crippen molar-refractivity contribution in [2.45, 2.75) is 6.42 Å². The number of nitrogens with zero attached hydrogens (tertiary/aromatic N) is 3. The first-order valence-corrected chi connectivity index (χ1v) is 12.9. The first-order valence-electron chi connectivity index (χ1n) is 10.9. The van der Waals surface area contributed by atoms with Crippen LogP contribution in [-0.4, -0.2) is 69.6 Å². The van der Waals surface area contributed by atoms with Crippen LogP contribution in [0.25, 0.3) is 0 Å². The zero-order valence-electron chi connectivity index (χ0n) is 18.2. The molecule has 2 saturated heterocycles. The molecule has 1 N–H and O–H groups in total. The number of anilines is 2. The predicted octanol–water partition coefficient (Wildman–Crippen LogP) is 1.96. The Morgan fingerprint density at radius 3 is 2.30 bits per heavy atom. The fourth-order valence-electron chi connectivity index (χ4n) is 4.19. The highest BCUT2D eigenvalue weighted by Crippen LogP contribution is 2.26. The number of piperazine rings is 1. The number of carbonyl (C=O) groups is 2. The van der Waals surface area contributed by atoms with E-state index in [1.807, 2.05) is 30.3 Å². The second-order valence-electron chi connectivity index (χ2n) is 8.21. The van der Waals surface area contributed by atoms with Gasteiger partial charge < -0.3 is 15.1 Å². The molecule has 33 heavy (non-hydrogen) atoms. The molecule has 8 nitrogen and oxygen atoms in total. The molecule has 176 valence electrons. The number of hydrogen-bond donors (Lipinski definition) is 1. The van der Waals surface area contributed by atoms with E-state index in [1.165, 1.54) is 4.31 Å². The normalized spacial score (nSPS) is 19.7. The highest BCUT2D eigenvalue weighted by atomic mass is 35.5. The lowest BCUT2D eigenvalue weighted by atomic mass is 10.1. The Balaban J connectivity index is 1.24. The third-order valence-electron chi connectivity index (χ3n) is 6.05. The Hall–Kier alpha value is -2.62. The molecule has 0 bridgehead atoms. The van der Waals surface area contributed by atoms with Crippen molar-refractivity contribution in [3.63, 3.8) is 0 Å². The summed E-state index contributed by atoms with van der Waals surface area (Å²) in [5.74, 6) is -1.11. The van der Waals surface area contributed by atoms with Gasteiger partial charge in [-0.1, -0.05) is 29.8 Å². The molecule has 1 atom stereocenters. The van der Waals surface area contributed by atoms with Gasteiger partial charge in [-0.05, 0) is 36.4 Å². The Morgan fingerprint density at radius 2 is 1.64 bits per heavy atom. The van der Waals surface area contributed by atoms with Crippen molar-refractivity contribution in [3.8, 4) is 0 Å². The summed E-state index contributed by atoms with van der Waals surface area (Å²) < 4.78 is 26.9. The van der Waals surface area contributed by atoms with Crippen LogP contribution in [-0.2, 0) is 19.6 Å². The lowest BCUT2D eigenvalue weighted by molar-refractivity contribution is -0.126. The minimum Gasteiger partial charge on any atom is -0.369 e. The van der Waals surface area contributed by atoms with Gasteiger partial charge in [0.05, 0.1) is 11.7 Å². The van der Waals surface area contributed by atoms with Gasteiger partial charge in [-0.2, -0.15) is 4.31 Å². The van der Waals surface area contributed by atoms with E-state index in [2.05, 4.69) is 10.2 Å². The van der Waals surface area contributed by atoms with Crippen molar-refractivity contribution in [1.29, 1.82) is 0 Å². The smallest absolute Gasteiger partial charge is 0.227 e. The van der Waals surface area contributed by atoms with Gasteiger partial charge in [-0.3, -0.25) is 9.59 Å². The average Bonchev–Trinajstić information content (AvgIpc) is 3.22. The molecule has 10 heteroatoms. The van der Waals surface area contributed by atoms with Gasteiger partial charge in [0.1, 0.15) is 0 Å². The van der Waals surface area contributed by atoms with E-state index in [4.69, 9.17) is 11.6 Å². The zero-order chi connectivity index (χ0) is 23.4. The minimum absolute atomic E-state index is 0.0195. The summed E-state index contributed by atoms with van der Waals surface area (Å²) in [6.07, 6.45) is 0.0999. The summed E-state index contributed by atoms with van der Waals surface area (Å²) in [6.45, 7) is 2.36. The van der Waals surface area contributed by atoms with Gasteiger partial charge in [-0.15, -0.1) is 0 Å². The van der Waals surface area contributed by atoms with Crippen LogP contribution < -0.4 is 15.1 Å². The maximum atomic E-state index is 12.7. The molecule has 2 fully saturated rings. The Bertz CT molecular complexity index is 1090. The molecule has 2 heterocycles. The fraction of sp³-hybridized carbons (Fsp3) is 0.391. The molecule has 2 aliphatic rings. The number of sulfonamides is 1. The number of para-hydroxylation sites is 1. The number of halogens is 1. The van der Waals surface area contributed by atoms with Crippen LogP contribution in [0.1, 0.15) is 6.42 Å². The minimum atomic E-state index is -3.47. The van der Waals surface area contributed by atoms with Crippen LogP contribution in [0.4, 0.5) is 11.4 Å². The second kappa shape index (κ2) is 10.1. The third-order valence-corrected chi connectivity index (χ3v) is 8.17. The molecule has 4 rings (SSSR count). The molecular weight excluding hydrogens is 464 g/mol. The lowest BCUT2D eigenvalue weighted by Gasteiger charge is -2.35. The number of carbonyl (C=O) groups excluding carboxylic acids is 2. The number of benzene rings is 2. The average molecular weight is 491 g/mol. The maximum absolute atomic E-state index is 12.7. The van der Waals surface area contributed by atoms with Crippen molar-refractivity contribution in [1.82, 2.24) is 9.62 Å². The lowest BCUT2D eigenvalue weighted by Crippen LogP contribution is -2.50. The van der Waals surface area contributed by atoms with E-state index in [0.29, 0.717) is 36.9 Å². The van der Waals surface area contributed by atoms with Crippen LogP contribution in [0.3, 0.4) is 0 Å². The van der Waals surface area contributed by atoms with Gasteiger partial charge >= 0.3 is 0 Å². The fourth-order valence-corrected chi connectivity index (χ4v) is 5.66. The quantitative estimate of drug-likeness (QED) is 0.640. The molecule has 2 aromatic carbocycles. The molecule has 2 aromatic rings. The Kier molecular flexibility index (Phi) is 7.21. The van der Waals surface area contributed by atoms with E-state index in [1.54, 1.807) is 29.2 Å². The summed E-state index contributed by atoms with van der Waals surface area (Å²) in [7, 11) is -3.47. The van der Waals surface area contributed by atoms with Crippen molar-refractivity contribution < 1.29 is 18.0 Å².